The zero-order valence-corrected chi connectivity index (χ0v) is 12.9. The Bertz CT molecular complexity index is 580. The van der Waals surface area contributed by atoms with E-state index in [0.717, 1.165) is 15.8 Å². The number of benzene rings is 1. The summed E-state index contributed by atoms with van der Waals surface area (Å²) in [5.41, 5.74) is 1.59. The van der Waals surface area contributed by atoms with Gasteiger partial charge in [0.15, 0.2) is 5.82 Å². The molecule has 100 valence electrons. The highest BCUT2D eigenvalue weighted by Crippen LogP contribution is 2.11. The third-order valence-corrected chi connectivity index (χ3v) is 3.12. The number of rotatable bonds is 4. The molecule has 0 bridgehead atoms. The first-order valence-corrected chi connectivity index (χ1v) is 6.88. The average Bonchev–Trinajstić information content (AvgIpc) is 2.75. The Morgan fingerprint density at radius 1 is 1.42 bits per heavy atom. The number of carbonyl (C=O) groups excluding carboxylic acids is 1. The van der Waals surface area contributed by atoms with Crippen molar-refractivity contribution >= 4 is 34.3 Å². The molecule has 0 fully saturated rings. The third-order valence-electron chi connectivity index (χ3n) is 2.45. The first-order chi connectivity index (χ1) is 9.04. The smallest absolute Gasteiger partial charge is 0.256 e. The van der Waals surface area contributed by atoms with Crippen molar-refractivity contribution in [3.05, 3.63) is 45.2 Å². The number of carbonyl (C=O) groups is 1. The summed E-state index contributed by atoms with van der Waals surface area (Å²) in [4.78, 5) is 14.0. The van der Waals surface area contributed by atoms with Crippen LogP contribution in [0.4, 0.5) is 5.82 Å². The summed E-state index contributed by atoms with van der Waals surface area (Å²) in [6.07, 6.45) is 0. The molecule has 1 aromatic carbocycles. The van der Waals surface area contributed by atoms with Gasteiger partial charge in [-0.05, 0) is 54.9 Å². The van der Waals surface area contributed by atoms with Gasteiger partial charge in [0.2, 0.25) is 0 Å². The molecule has 0 saturated carbocycles. The lowest BCUT2D eigenvalue weighted by molar-refractivity contribution is 0.102. The Morgan fingerprint density at radius 3 is 2.89 bits per heavy atom. The summed E-state index contributed by atoms with van der Waals surface area (Å²) in [6, 6.07) is 9.26. The molecule has 0 spiro atoms. The summed E-state index contributed by atoms with van der Waals surface area (Å²) in [6.45, 7) is 0.756. The van der Waals surface area contributed by atoms with Crippen LogP contribution in [0.1, 0.15) is 16.1 Å². The molecule has 0 aliphatic rings. The first kappa shape index (κ1) is 14.0. The zero-order chi connectivity index (χ0) is 13.8. The summed E-state index contributed by atoms with van der Waals surface area (Å²) < 4.78 is 1.03. The van der Waals surface area contributed by atoms with E-state index in [-0.39, 0.29) is 5.91 Å². The van der Waals surface area contributed by atoms with Gasteiger partial charge in [-0.25, -0.2) is 0 Å². The molecule has 0 radical (unpaired) electrons. The van der Waals surface area contributed by atoms with Crippen LogP contribution >= 0.6 is 22.6 Å². The average molecular weight is 370 g/mol. The summed E-state index contributed by atoms with van der Waals surface area (Å²) in [5, 5.41) is 9.75. The Hall–Kier alpha value is -1.41. The van der Waals surface area contributed by atoms with Crippen LogP contribution in [0.3, 0.4) is 0 Å². The van der Waals surface area contributed by atoms with Gasteiger partial charge in [0.25, 0.3) is 5.91 Å². The summed E-state index contributed by atoms with van der Waals surface area (Å²) in [7, 11) is 3.95. The van der Waals surface area contributed by atoms with Gasteiger partial charge in [-0.15, -0.1) is 0 Å². The molecule has 5 nitrogen and oxygen atoms in total. The molecule has 1 amide bonds. The van der Waals surface area contributed by atoms with Crippen LogP contribution in [-0.2, 0) is 6.54 Å². The molecule has 0 atom stereocenters. The van der Waals surface area contributed by atoms with Crippen molar-refractivity contribution in [1.29, 1.82) is 0 Å². The van der Waals surface area contributed by atoms with Crippen molar-refractivity contribution in [1.82, 2.24) is 15.1 Å². The van der Waals surface area contributed by atoms with E-state index in [4.69, 9.17) is 0 Å². The van der Waals surface area contributed by atoms with Crippen LogP contribution in [0, 0.1) is 3.57 Å². The standard InChI is InChI=1S/C13H15IN4O/c1-18(2)8-11-7-12(17-16-11)15-13(19)9-4-3-5-10(14)6-9/h3-7H,8H2,1-2H3,(H2,15,16,17,19). The van der Waals surface area contributed by atoms with Crippen molar-refractivity contribution < 1.29 is 4.79 Å². The highest BCUT2D eigenvalue weighted by atomic mass is 127. The van der Waals surface area contributed by atoms with E-state index < -0.39 is 0 Å². The number of hydrogen-bond donors (Lipinski definition) is 2. The molecular weight excluding hydrogens is 355 g/mol. The van der Waals surface area contributed by atoms with Gasteiger partial charge in [0.1, 0.15) is 0 Å². The van der Waals surface area contributed by atoms with Gasteiger partial charge >= 0.3 is 0 Å². The Labute approximate surface area is 125 Å². The van der Waals surface area contributed by atoms with Crippen molar-refractivity contribution in [2.24, 2.45) is 0 Å². The van der Waals surface area contributed by atoms with Gasteiger partial charge in [-0.3, -0.25) is 9.89 Å². The zero-order valence-electron chi connectivity index (χ0n) is 10.8. The highest BCUT2D eigenvalue weighted by Gasteiger charge is 2.09. The highest BCUT2D eigenvalue weighted by molar-refractivity contribution is 14.1. The Morgan fingerprint density at radius 2 is 2.21 bits per heavy atom. The van der Waals surface area contributed by atoms with E-state index in [9.17, 15) is 4.79 Å². The number of nitrogens with zero attached hydrogens (tertiary/aromatic N) is 2. The quantitative estimate of drug-likeness (QED) is 0.813. The van der Waals surface area contributed by atoms with E-state index in [1.807, 2.05) is 43.3 Å². The Kier molecular flexibility index (Phi) is 4.54. The van der Waals surface area contributed by atoms with Gasteiger partial charge in [0.05, 0.1) is 5.69 Å². The molecular formula is C13H15IN4O. The molecule has 6 heteroatoms. The lowest BCUT2D eigenvalue weighted by Crippen LogP contribution is -2.12. The molecule has 1 aromatic heterocycles. The van der Waals surface area contributed by atoms with Crippen LogP contribution in [0.5, 0.6) is 0 Å². The molecule has 0 aliphatic carbocycles. The number of anilines is 1. The molecule has 0 aliphatic heterocycles. The van der Waals surface area contributed by atoms with Crippen LogP contribution in [0.15, 0.2) is 30.3 Å². The largest absolute Gasteiger partial charge is 0.305 e. The van der Waals surface area contributed by atoms with Gasteiger partial charge < -0.3 is 10.2 Å². The van der Waals surface area contributed by atoms with Crippen LogP contribution < -0.4 is 5.32 Å². The van der Waals surface area contributed by atoms with E-state index in [2.05, 4.69) is 38.1 Å². The van der Waals surface area contributed by atoms with Crippen LogP contribution in [-0.4, -0.2) is 35.1 Å². The molecule has 2 N–H and O–H groups in total. The molecule has 0 saturated heterocycles. The monoisotopic (exact) mass is 370 g/mol. The van der Waals surface area contributed by atoms with Crippen molar-refractivity contribution in [3.8, 4) is 0 Å². The minimum atomic E-state index is -0.151. The van der Waals surface area contributed by atoms with E-state index in [1.165, 1.54) is 0 Å². The van der Waals surface area contributed by atoms with Crippen LogP contribution in [0.25, 0.3) is 0 Å². The molecule has 0 unspecified atom stereocenters. The maximum atomic E-state index is 12.0. The maximum absolute atomic E-state index is 12.0. The normalized spacial score (nSPS) is 10.7. The van der Waals surface area contributed by atoms with Crippen LogP contribution in [0.2, 0.25) is 0 Å². The van der Waals surface area contributed by atoms with Crippen molar-refractivity contribution in [2.75, 3.05) is 19.4 Å². The van der Waals surface area contributed by atoms with E-state index in [0.29, 0.717) is 11.4 Å². The third kappa shape index (κ3) is 4.03. The molecule has 1 heterocycles. The van der Waals surface area contributed by atoms with Gasteiger partial charge in [-0.1, -0.05) is 6.07 Å². The second kappa shape index (κ2) is 6.16. The number of nitrogens with one attached hydrogen (secondary N) is 2. The Balaban J connectivity index is 2.05. The topological polar surface area (TPSA) is 61.0 Å². The predicted octanol–water partition coefficient (Wildman–Crippen LogP) is 2.33. The number of amides is 1. The molecule has 19 heavy (non-hydrogen) atoms. The minimum absolute atomic E-state index is 0.151. The van der Waals surface area contributed by atoms with Gasteiger partial charge in [0, 0.05) is 21.7 Å². The summed E-state index contributed by atoms with van der Waals surface area (Å²) >= 11 is 2.18. The first-order valence-electron chi connectivity index (χ1n) is 5.80. The van der Waals surface area contributed by atoms with E-state index >= 15 is 0 Å². The minimum Gasteiger partial charge on any atom is -0.305 e. The number of H-pyrrole nitrogens is 1. The fourth-order valence-electron chi connectivity index (χ4n) is 1.67. The fraction of sp³-hybridized carbons (Fsp3) is 0.231. The number of hydrogen-bond acceptors (Lipinski definition) is 3. The molecule has 2 rings (SSSR count). The van der Waals surface area contributed by atoms with Crippen molar-refractivity contribution in [2.45, 2.75) is 6.54 Å². The lowest BCUT2D eigenvalue weighted by Gasteiger charge is -2.05. The predicted molar refractivity (Wildman–Crippen MR) is 83.1 cm³/mol. The second-order valence-electron chi connectivity index (χ2n) is 4.48. The number of aromatic amines is 1. The van der Waals surface area contributed by atoms with Crippen molar-refractivity contribution in [3.63, 3.8) is 0 Å². The fourth-order valence-corrected chi connectivity index (χ4v) is 2.21. The second-order valence-corrected chi connectivity index (χ2v) is 5.73. The maximum Gasteiger partial charge on any atom is 0.256 e. The SMILES string of the molecule is CN(C)Cc1cc(NC(=O)c2cccc(I)c2)n[nH]1. The lowest BCUT2D eigenvalue weighted by atomic mass is 10.2. The summed E-state index contributed by atoms with van der Waals surface area (Å²) in [5.74, 6) is 0.391. The molecule has 2 aromatic rings. The van der Waals surface area contributed by atoms with Gasteiger partial charge in [-0.2, -0.15) is 5.10 Å². The number of aromatic nitrogens is 2. The number of halogens is 1. The van der Waals surface area contributed by atoms with E-state index in [1.54, 1.807) is 6.07 Å².